The van der Waals surface area contributed by atoms with E-state index in [4.69, 9.17) is 10.5 Å². The Kier molecular flexibility index (Phi) is 4.63. The first-order valence-corrected chi connectivity index (χ1v) is 5.63. The topological polar surface area (TPSA) is 35.2 Å². The van der Waals surface area contributed by atoms with E-state index in [2.05, 4.69) is 26.0 Å². The molecule has 0 saturated carbocycles. The molecule has 0 spiro atoms. The summed E-state index contributed by atoms with van der Waals surface area (Å²) in [6, 6.07) is 6.39. The molecule has 0 aliphatic rings. The van der Waals surface area contributed by atoms with Gasteiger partial charge in [0, 0.05) is 0 Å². The van der Waals surface area contributed by atoms with E-state index in [9.17, 15) is 0 Å². The van der Waals surface area contributed by atoms with Crippen LogP contribution in [-0.2, 0) is 6.42 Å². The van der Waals surface area contributed by atoms with Gasteiger partial charge in [0.05, 0.1) is 7.11 Å². The Morgan fingerprint density at radius 2 is 2.07 bits per heavy atom. The lowest BCUT2D eigenvalue weighted by atomic mass is 9.93. The van der Waals surface area contributed by atoms with Crippen molar-refractivity contribution in [1.82, 2.24) is 0 Å². The van der Waals surface area contributed by atoms with Gasteiger partial charge in [-0.05, 0) is 42.5 Å². The number of benzene rings is 1. The molecule has 1 rings (SSSR count). The average Bonchev–Trinajstić information content (AvgIpc) is 2.30. The fourth-order valence-electron chi connectivity index (χ4n) is 1.84. The smallest absolute Gasteiger partial charge is 0.122 e. The largest absolute Gasteiger partial charge is 0.496 e. The fraction of sp³-hybridized carbons (Fsp3) is 0.538. The zero-order valence-electron chi connectivity index (χ0n) is 9.92. The molecule has 2 N–H and O–H groups in total. The van der Waals surface area contributed by atoms with E-state index in [1.807, 2.05) is 6.07 Å². The quantitative estimate of drug-likeness (QED) is 0.805. The van der Waals surface area contributed by atoms with Gasteiger partial charge in [-0.25, -0.2) is 0 Å². The number of aryl methyl sites for hydroxylation is 1. The Morgan fingerprint density at radius 3 is 2.53 bits per heavy atom. The molecule has 0 aliphatic heterocycles. The maximum Gasteiger partial charge on any atom is 0.122 e. The number of ether oxygens (including phenoxy) is 1. The minimum Gasteiger partial charge on any atom is -0.496 e. The lowest BCUT2D eigenvalue weighted by molar-refractivity contribution is 0.404. The normalized spacial score (nSPS) is 12.5. The van der Waals surface area contributed by atoms with Crippen molar-refractivity contribution in [3.63, 3.8) is 0 Å². The van der Waals surface area contributed by atoms with Gasteiger partial charge in [0.25, 0.3) is 0 Å². The Balaban J connectivity index is 3.09. The summed E-state index contributed by atoms with van der Waals surface area (Å²) in [5.74, 6) is 1.37. The van der Waals surface area contributed by atoms with Crippen LogP contribution in [0.15, 0.2) is 18.2 Å². The molecular weight excluding hydrogens is 186 g/mol. The van der Waals surface area contributed by atoms with Crippen molar-refractivity contribution < 1.29 is 4.74 Å². The molecule has 0 aliphatic carbocycles. The van der Waals surface area contributed by atoms with Gasteiger partial charge in [-0.2, -0.15) is 0 Å². The minimum atomic E-state index is 0.409. The van der Waals surface area contributed by atoms with Gasteiger partial charge in [-0.3, -0.25) is 0 Å². The van der Waals surface area contributed by atoms with Crippen LogP contribution in [0.5, 0.6) is 5.75 Å². The molecular formula is C13H21NO. The highest BCUT2D eigenvalue weighted by Gasteiger charge is 2.13. The van der Waals surface area contributed by atoms with Crippen LogP contribution in [0, 0.1) is 0 Å². The Labute approximate surface area is 92.4 Å². The summed E-state index contributed by atoms with van der Waals surface area (Å²) < 4.78 is 5.37. The van der Waals surface area contributed by atoms with Crippen molar-refractivity contribution in [2.45, 2.75) is 32.6 Å². The molecule has 15 heavy (non-hydrogen) atoms. The standard InChI is InChI=1S/C13H21NO/c1-4-10-6-7-13(15-3)12(8-10)11(5-2)9-14/h6-8,11H,4-5,9,14H2,1-3H3. The second-order valence-corrected chi connectivity index (χ2v) is 3.77. The van der Waals surface area contributed by atoms with Crippen molar-refractivity contribution >= 4 is 0 Å². The molecule has 0 aromatic heterocycles. The van der Waals surface area contributed by atoms with Crippen LogP contribution in [0.2, 0.25) is 0 Å². The van der Waals surface area contributed by atoms with Crippen LogP contribution in [0.3, 0.4) is 0 Å². The summed E-state index contributed by atoms with van der Waals surface area (Å²) in [5, 5.41) is 0. The molecule has 2 heteroatoms. The summed E-state index contributed by atoms with van der Waals surface area (Å²) in [6.07, 6.45) is 2.11. The lowest BCUT2D eigenvalue weighted by Gasteiger charge is -2.17. The minimum absolute atomic E-state index is 0.409. The molecule has 0 amide bonds. The summed E-state index contributed by atoms with van der Waals surface area (Å²) in [5.41, 5.74) is 8.37. The zero-order valence-corrected chi connectivity index (χ0v) is 9.92. The van der Waals surface area contributed by atoms with E-state index in [1.54, 1.807) is 7.11 Å². The number of nitrogens with two attached hydrogens (primary N) is 1. The summed E-state index contributed by atoms with van der Waals surface area (Å²) in [6.45, 7) is 5.00. The van der Waals surface area contributed by atoms with E-state index in [0.29, 0.717) is 12.5 Å². The van der Waals surface area contributed by atoms with Gasteiger partial charge in [0.1, 0.15) is 5.75 Å². The number of rotatable bonds is 5. The highest BCUT2D eigenvalue weighted by atomic mass is 16.5. The van der Waals surface area contributed by atoms with Crippen molar-refractivity contribution in [3.8, 4) is 5.75 Å². The molecule has 0 radical (unpaired) electrons. The third kappa shape index (κ3) is 2.72. The van der Waals surface area contributed by atoms with Crippen molar-refractivity contribution in [1.29, 1.82) is 0 Å². The Bertz CT molecular complexity index is 305. The van der Waals surface area contributed by atoms with E-state index in [-0.39, 0.29) is 0 Å². The highest BCUT2D eigenvalue weighted by Crippen LogP contribution is 2.29. The Hall–Kier alpha value is -1.02. The second kappa shape index (κ2) is 5.76. The summed E-state index contributed by atoms with van der Waals surface area (Å²) in [7, 11) is 1.72. The van der Waals surface area contributed by atoms with Crippen LogP contribution >= 0.6 is 0 Å². The van der Waals surface area contributed by atoms with Crippen LogP contribution in [0.1, 0.15) is 37.3 Å². The third-order valence-corrected chi connectivity index (χ3v) is 2.92. The van der Waals surface area contributed by atoms with E-state index in [1.165, 1.54) is 11.1 Å². The van der Waals surface area contributed by atoms with Crippen molar-refractivity contribution in [2.24, 2.45) is 5.73 Å². The van der Waals surface area contributed by atoms with E-state index in [0.717, 1.165) is 18.6 Å². The van der Waals surface area contributed by atoms with Crippen molar-refractivity contribution in [2.75, 3.05) is 13.7 Å². The first-order valence-electron chi connectivity index (χ1n) is 5.63. The average molecular weight is 207 g/mol. The second-order valence-electron chi connectivity index (χ2n) is 3.77. The molecule has 0 bridgehead atoms. The van der Waals surface area contributed by atoms with Crippen LogP contribution in [-0.4, -0.2) is 13.7 Å². The van der Waals surface area contributed by atoms with Gasteiger partial charge >= 0.3 is 0 Å². The first kappa shape index (κ1) is 12.1. The lowest BCUT2D eigenvalue weighted by Crippen LogP contribution is -2.12. The van der Waals surface area contributed by atoms with Crippen molar-refractivity contribution in [3.05, 3.63) is 29.3 Å². The monoisotopic (exact) mass is 207 g/mol. The SMILES string of the molecule is CCc1ccc(OC)c(C(CC)CN)c1. The van der Waals surface area contributed by atoms with Crippen LogP contribution < -0.4 is 10.5 Å². The molecule has 1 atom stereocenters. The zero-order chi connectivity index (χ0) is 11.3. The molecule has 84 valence electrons. The number of methoxy groups -OCH3 is 1. The van der Waals surface area contributed by atoms with Gasteiger partial charge in [-0.1, -0.05) is 26.0 Å². The molecule has 0 saturated heterocycles. The van der Waals surface area contributed by atoms with Crippen LogP contribution in [0.4, 0.5) is 0 Å². The Morgan fingerprint density at radius 1 is 1.33 bits per heavy atom. The maximum atomic E-state index is 5.77. The van der Waals surface area contributed by atoms with E-state index >= 15 is 0 Å². The highest BCUT2D eigenvalue weighted by molar-refractivity contribution is 5.40. The molecule has 0 heterocycles. The summed E-state index contributed by atoms with van der Waals surface area (Å²) >= 11 is 0. The fourth-order valence-corrected chi connectivity index (χ4v) is 1.84. The first-order chi connectivity index (χ1) is 7.26. The van der Waals surface area contributed by atoms with Gasteiger partial charge < -0.3 is 10.5 Å². The molecule has 0 fully saturated rings. The third-order valence-electron chi connectivity index (χ3n) is 2.92. The predicted octanol–water partition coefficient (Wildman–Crippen LogP) is 2.71. The molecule has 1 aromatic rings. The molecule has 1 aromatic carbocycles. The van der Waals surface area contributed by atoms with Gasteiger partial charge in [-0.15, -0.1) is 0 Å². The van der Waals surface area contributed by atoms with Gasteiger partial charge in [0.15, 0.2) is 0 Å². The maximum absolute atomic E-state index is 5.77. The molecule has 1 unspecified atom stereocenters. The molecule has 2 nitrogen and oxygen atoms in total. The predicted molar refractivity (Wildman–Crippen MR) is 64.5 cm³/mol. The van der Waals surface area contributed by atoms with E-state index < -0.39 is 0 Å². The summed E-state index contributed by atoms with van der Waals surface area (Å²) in [4.78, 5) is 0. The number of hydrogen-bond donors (Lipinski definition) is 1. The number of hydrogen-bond acceptors (Lipinski definition) is 2. The van der Waals surface area contributed by atoms with Gasteiger partial charge in [0.2, 0.25) is 0 Å². The van der Waals surface area contributed by atoms with Crippen LogP contribution in [0.25, 0.3) is 0 Å².